The van der Waals surface area contributed by atoms with Gasteiger partial charge in [-0.3, -0.25) is 0 Å². The molecule has 0 amide bonds. The van der Waals surface area contributed by atoms with Gasteiger partial charge in [-0.15, -0.1) is 0 Å². The molecule has 2 N–H and O–H groups in total. The summed E-state index contributed by atoms with van der Waals surface area (Å²) in [6.07, 6.45) is 2.97. The zero-order valence-corrected chi connectivity index (χ0v) is 15.2. The summed E-state index contributed by atoms with van der Waals surface area (Å²) in [6.45, 7) is 3.85. The number of piperidine rings is 1. The van der Waals surface area contributed by atoms with Crippen molar-refractivity contribution in [2.24, 2.45) is 5.92 Å². The molecule has 1 atom stereocenters. The number of benzene rings is 1. The lowest BCUT2D eigenvalue weighted by Crippen LogP contribution is -2.41. The minimum absolute atomic E-state index is 0.243. The van der Waals surface area contributed by atoms with Gasteiger partial charge < -0.3 is 10.0 Å². The molecular weight excluding hydrogens is 326 g/mol. The van der Waals surface area contributed by atoms with Crippen LogP contribution in [0.15, 0.2) is 30.3 Å². The number of hydrogen-bond acceptors (Lipinski definition) is 4. The van der Waals surface area contributed by atoms with E-state index >= 15 is 0 Å². The highest BCUT2D eigenvalue weighted by Gasteiger charge is 2.20. The smallest absolute Gasteiger partial charge is 0.279 e. The molecule has 1 aromatic carbocycles. The van der Waals surface area contributed by atoms with Gasteiger partial charge in [0.2, 0.25) is 0 Å². The average Bonchev–Trinajstić information content (AvgIpc) is 2.60. The Kier molecular flexibility index (Phi) is 7.64. The number of nitrogens with zero attached hydrogens (tertiary/aromatic N) is 2. The molecule has 136 valence electrons. The topological polar surface area (TPSA) is 72.9 Å². The molecule has 1 fully saturated rings. The molecule has 0 spiro atoms. The summed E-state index contributed by atoms with van der Waals surface area (Å²) in [5.41, 5.74) is 0.966. The lowest BCUT2D eigenvalue weighted by Gasteiger charge is -2.31. The van der Waals surface area contributed by atoms with Crippen LogP contribution in [0.25, 0.3) is 0 Å². The van der Waals surface area contributed by atoms with Gasteiger partial charge in [0.05, 0.1) is 0 Å². The number of nitrogens with one attached hydrogen (secondary N) is 1. The molecule has 6 nitrogen and oxygen atoms in total. The quantitative estimate of drug-likeness (QED) is 0.650. The van der Waals surface area contributed by atoms with Crippen LogP contribution in [-0.2, 0) is 16.8 Å². The van der Waals surface area contributed by atoms with E-state index in [9.17, 15) is 13.5 Å². The number of aliphatic hydroxyl groups is 1. The highest BCUT2D eigenvalue weighted by atomic mass is 32.2. The number of hydrogen-bond donors (Lipinski definition) is 2. The second-order valence-electron chi connectivity index (χ2n) is 6.49. The second kappa shape index (κ2) is 9.48. The van der Waals surface area contributed by atoms with Crippen LogP contribution >= 0.6 is 0 Å². The fraction of sp³-hybridized carbons (Fsp3) is 0.647. The van der Waals surface area contributed by atoms with E-state index in [-0.39, 0.29) is 6.61 Å². The first kappa shape index (κ1) is 19.3. The van der Waals surface area contributed by atoms with Crippen LogP contribution in [0.1, 0.15) is 24.8 Å². The second-order valence-corrected chi connectivity index (χ2v) is 8.35. The summed E-state index contributed by atoms with van der Waals surface area (Å²) in [5, 5.41) is 9.25. The Hall–Kier alpha value is -0.990. The van der Waals surface area contributed by atoms with Crippen molar-refractivity contribution < 1.29 is 13.5 Å². The summed E-state index contributed by atoms with van der Waals surface area (Å²) >= 11 is 0. The summed E-state index contributed by atoms with van der Waals surface area (Å²) in [7, 11) is -1.86. The molecule has 1 heterocycles. The molecule has 1 saturated heterocycles. The van der Waals surface area contributed by atoms with Crippen LogP contribution < -0.4 is 4.72 Å². The third kappa shape index (κ3) is 6.14. The van der Waals surface area contributed by atoms with Crippen LogP contribution in [-0.4, -0.2) is 62.6 Å². The maximum atomic E-state index is 12.3. The maximum Gasteiger partial charge on any atom is 0.279 e. The first-order chi connectivity index (χ1) is 11.5. The van der Waals surface area contributed by atoms with Gasteiger partial charge in [0.1, 0.15) is 0 Å². The molecule has 0 radical (unpaired) electrons. The fourth-order valence-electron chi connectivity index (χ4n) is 3.04. The van der Waals surface area contributed by atoms with Crippen molar-refractivity contribution in [2.45, 2.75) is 25.8 Å². The third-order valence-electron chi connectivity index (χ3n) is 4.46. The van der Waals surface area contributed by atoms with Gasteiger partial charge in [0, 0.05) is 33.3 Å². The molecule has 24 heavy (non-hydrogen) atoms. The normalized spacial score (nSPS) is 19.7. The molecule has 0 aromatic heterocycles. The lowest BCUT2D eigenvalue weighted by molar-refractivity contribution is 0.120. The molecule has 0 saturated carbocycles. The SMILES string of the molecule is CN(Cc1ccccc1)S(=O)(=O)NCCCN1CCC[C@@H](CO)C1. The Balaban J connectivity index is 1.70. The Morgan fingerprint density at radius 3 is 2.79 bits per heavy atom. The van der Waals surface area contributed by atoms with E-state index in [4.69, 9.17) is 0 Å². The van der Waals surface area contributed by atoms with Crippen molar-refractivity contribution in [3.8, 4) is 0 Å². The van der Waals surface area contributed by atoms with Gasteiger partial charge in [-0.25, -0.2) is 4.72 Å². The highest BCUT2D eigenvalue weighted by molar-refractivity contribution is 7.87. The van der Waals surface area contributed by atoms with Crippen molar-refractivity contribution >= 4 is 10.2 Å². The summed E-state index contributed by atoms with van der Waals surface area (Å²) in [6, 6.07) is 9.56. The van der Waals surface area contributed by atoms with E-state index in [2.05, 4.69) is 9.62 Å². The number of aliphatic hydroxyl groups excluding tert-OH is 1. The highest BCUT2D eigenvalue weighted by Crippen LogP contribution is 2.15. The van der Waals surface area contributed by atoms with Crippen LogP contribution in [0.3, 0.4) is 0 Å². The fourth-order valence-corrected chi connectivity index (χ4v) is 3.98. The summed E-state index contributed by atoms with van der Waals surface area (Å²) < 4.78 is 28.5. The minimum atomic E-state index is -3.45. The van der Waals surface area contributed by atoms with Gasteiger partial charge in [0.25, 0.3) is 10.2 Å². The Morgan fingerprint density at radius 2 is 2.08 bits per heavy atom. The first-order valence-corrected chi connectivity index (χ1v) is 10.0. The molecule has 0 unspecified atom stereocenters. The van der Waals surface area contributed by atoms with E-state index in [0.717, 1.165) is 44.5 Å². The molecule has 1 aliphatic rings. The number of likely N-dealkylation sites (tertiary alicyclic amines) is 1. The van der Waals surface area contributed by atoms with Crippen molar-refractivity contribution in [2.75, 3.05) is 39.8 Å². The van der Waals surface area contributed by atoms with E-state index in [1.54, 1.807) is 7.05 Å². The Morgan fingerprint density at radius 1 is 1.33 bits per heavy atom. The molecule has 1 aromatic rings. The summed E-state index contributed by atoms with van der Waals surface area (Å²) in [5.74, 6) is 0.368. The van der Waals surface area contributed by atoms with Crippen LogP contribution in [0, 0.1) is 5.92 Å². The molecule has 2 rings (SSSR count). The van der Waals surface area contributed by atoms with E-state index < -0.39 is 10.2 Å². The van der Waals surface area contributed by atoms with E-state index in [1.807, 2.05) is 30.3 Å². The van der Waals surface area contributed by atoms with Gasteiger partial charge >= 0.3 is 0 Å². The van der Waals surface area contributed by atoms with Crippen LogP contribution in [0.4, 0.5) is 0 Å². The van der Waals surface area contributed by atoms with Crippen molar-refractivity contribution in [3.05, 3.63) is 35.9 Å². The van der Waals surface area contributed by atoms with Crippen molar-refractivity contribution in [3.63, 3.8) is 0 Å². The predicted octanol–water partition coefficient (Wildman–Crippen LogP) is 1.05. The van der Waals surface area contributed by atoms with Gasteiger partial charge in [-0.2, -0.15) is 12.7 Å². The zero-order valence-electron chi connectivity index (χ0n) is 14.4. The van der Waals surface area contributed by atoms with Crippen molar-refractivity contribution in [1.29, 1.82) is 0 Å². The molecule has 0 bridgehead atoms. The molecule has 0 aliphatic carbocycles. The standard InChI is InChI=1S/C17H29N3O3S/c1-19(13-16-7-3-2-4-8-16)24(22,23)18-10-6-12-20-11-5-9-17(14-20)15-21/h2-4,7-8,17-18,21H,5-6,9-15H2,1H3/t17-/m1/s1. The zero-order chi connectivity index (χ0) is 17.4. The third-order valence-corrected chi connectivity index (χ3v) is 5.97. The summed E-state index contributed by atoms with van der Waals surface area (Å²) in [4.78, 5) is 2.31. The molecular formula is C17H29N3O3S. The van der Waals surface area contributed by atoms with Crippen LogP contribution in [0.5, 0.6) is 0 Å². The predicted molar refractivity (Wildman–Crippen MR) is 95.7 cm³/mol. The number of rotatable bonds is 9. The van der Waals surface area contributed by atoms with E-state index in [1.165, 1.54) is 4.31 Å². The minimum Gasteiger partial charge on any atom is -0.396 e. The average molecular weight is 356 g/mol. The first-order valence-electron chi connectivity index (χ1n) is 8.59. The van der Waals surface area contributed by atoms with Crippen LogP contribution in [0.2, 0.25) is 0 Å². The van der Waals surface area contributed by atoms with Gasteiger partial charge in [-0.1, -0.05) is 30.3 Å². The molecule has 7 heteroatoms. The van der Waals surface area contributed by atoms with Crippen molar-refractivity contribution in [1.82, 2.24) is 13.9 Å². The Labute approximate surface area is 145 Å². The largest absolute Gasteiger partial charge is 0.396 e. The van der Waals surface area contributed by atoms with E-state index in [0.29, 0.717) is 19.0 Å². The van der Waals surface area contributed by atoms with Gasteiger partial charge in [0.15, 0.2) is 0 Å². The van der Waals surface area contributed by atoms with Gasteiger partial charge in [-0.05, 0) is 43.8 Å². The molecule has 1 aliphatic heterocycles. The maximum absolute atomic E-state index is 12.3. The lowest BCUT2D eigenvalue weighted by atomic mass is 9.99. The Bertz CT molecular complexity index is 580. The monoisotopic (exact) mass is 355 g/mol.